The van der Waals surface area contributed by atoms with Gasteiger partial charge >= 0.3 is 0 Å². The molecule has 192 valence electrons. The highest BCUT2D eigenvalue weighted by Crippen LogP contribution is 2.22. The first-order chi connectivity index (χ1) is 16.6. The largest absolute Gasteiger partial charge is 0.389 e. The van der Waals surface area contributed by atoms with Crippen LogP contribution in [0.25, 0.3) is 0 Å². The molecule has 1 N–H and O–H groups in total. The molecular formula is C29H47NO4. The predicted octanol–water partition coefficient (Wildman–Crippen LogP) is 6.92. The summed E-state index contributed by atoms with van der Waals surface area (Å²) in [6.45, 7) is 3.00. The monoisotopic (exact) mass is 473 g/mol. The molecule has 0 aromatic heterocycles. The van der Waals surface area contributed by atoms with Gasteiger partial charge in [0.05, 0.1) is 30.4 Å². The van der Waals surface area contributed by atoms with Gasteiger partial charge < -0.3 is 9.84 Å². The summed E-state index contributed by atoms with van der Waals surface area (Å²) in [5.41, 5.74) is 0.822. The molecule has 1 atom stereocenters. The number of hydrogen-bond donors (Lipinski definition) is 1. The van der Waals surface area contributed by atoms with Crippen LogP contribution in [0.4, 0.5) is 0 Å². The number of benzene rings is 1. The molecule has 0 radical (unpaired) electrons. The maximum Gasteiger partial charge on any atom is 0.261 e. The molecule has 0 bridgehead atoms. The minimum Gasteiger partial charge on any atom is -0.389 e. The predicted molar refractivity (Wildman–Crippen MR) is 138 cm³/mol. The Bertz CT molecular complexity index is 670. The molecule has 1 aromatic rings. The molecule has 5 nitrogen and oxygen atoms in total. The summed E-state index contributed by atoms with van der Waals surface area (Å²) < 4.78 is 5.57. The highest BCUT2D eigenvalue weighted by Gasteiger charge is 2.36. The van der Waals surface area contributed by atoms with E-state index in [1.54, 1.807) is 24.3 Å². The Morgan fingerprint density at radius 2 is 1.12 bits per heavy atom. The summed E-state index contributed by atoms with van der Waals surface area (Å²) in [5.74, 6) is -0.671. The normalized spacial score (nSPS) is 14.1. The van der Waals surface area contributed by atoms with E-state index in [2.05, 4.69) is 6.92 Å². The Morgan fingerprint density at radius 3 is 1.56 bits per heavy atom. The Hall–Kier alpha value is -1.72. The molecule has 2 rings (SSSR count). The Morgan fingerprint density at radius 1 is 0.706 bits per heavy atom. The van der Waals surface area contributed by atoms with E-state index in [4.69, 9.17) is 4.74 Å². The number of rotatable bonds is 21. The van der Waals surface area contributed by atoms with Crippen molar-refractivity contribution < 1.29 is 19.4 Å². The van der Waals surface area contributed by atoms with E-state index in [1.807, 2.05) is 0 Å². The van der Waals surface area contributed by atoms with E-state index >= 15 is 0 Å². The zero-order valence-corrected chi connectivity index (χ0v) is 21.4. The van der Waals surface area contributed by atoms with Crippen LogP contribution in [0.3, 0.4) is 0 Å². The maximum atomic E-state index is 12.3. The first kappa shape index (κ1) is 28.5. The second kappa shape index (κ2) is 17.7. The highest BCUT2D eigenvalue weighted by atomic mass is 16.5. The van der Waals surface area contributed by atoms with Crippen molar-refractivity contribution in [2.24, 2.45) is 0 Å². The molecule has 1 aromatic carbocycles. The fourth-order valence-corrected chi connectivity index (χ4v) is 4.64. The number of unbranched alkanes of at least 4 members (excludes halogenated alkanes) is 15. The fourth-order valence-electron chi connectivity index (χ4n) is 4.64. The summed E-state index contributed by atoms with van der Waals surface area (Å²) in [7, 11) is 0. The number of imide groups is 1. The lowest BCUT2D eigenvalue weighted by Crippen LogP contribution is -2.38. The van der Waals surface area contributed by atoms with Crippen LogP contribution in [0.2, 0.25) is 0 Å². The minimum atomic E-state index is -0.858. The van der Waals surface area contributed by atoms with E-state index < -0.39 is 6.10 Å². The van der Waals surface area contributed by atoms with Crippen molar-refractivity contribution in [3.63, 3.8) is 0 Å². The van der Waals surface area contributed by atoms with E-state index in [-0.39, 0.29) is 25.0 Å². The molecule has 1 aliphatic heterocycles. The topological polar surface area (TPSA) is 66.8 Å². The first-order valence-electron chi connectivity index (χ1n) is 13.9. The zero-order chi connectivity index (χ0) is 24.4. The summed E-state index contributed by atoms with van der Waals surface area (Å²) in [6, 6.07) is 6.78. The van der Waals surface area contributed by atoms with Crippen LogP contribution in [0.15, 0.2) is 24.3 Å². The van der Waals surface area contributed by atoms with Gasteiger partial charge in [-0.3, -0.25) is 14.5 Å². The maximum absolute atomic E-state index is 12.3. The molecule has 5 heteroatoms. The lowest BCUT2D eigenvalue weighted by atomic mass is 10.0. The lowest BCUT2D eigenvalue weighted by molar-refractivity contribution is 0.0166. The van der Waals surface area contributed by atoms with Crippen molar-refractivity contribution in [3.8, 4) is 0 Å². The van der Waals surface area contributed by atoms with Crippen molar-refractivity contribution >= 4 is 11.8 Å². The Balaban J connectivity index is 1.35. The number of carbonyl (C=O) groups is 2. The number of amides is 2. The summed E-state index contributed by atoms with van der Waals surface area (Å²) >= 11 is 0. The second-order valence-corrected chi connectivity index (χ2v) is 9.80. The molecule has 1 heterocycles. The van der Waals surface area contributed by atoms with E-state index in [0.717, 1.165) is 17.7 Å². The van der Waals surface area contributed by atoms with Crippen LogP contribution in [-0.2, 0) is 4.74 Å². The summed E-state index contributed by atoms with van der Waals surface area (Å²) in [4.78, 5) is 25.8. The smallest absolute Gasteiger partial charge is 0.261 e. The third-order valence-corrected chi connectivity index (χ3v) is 6.72. The number of hydrogen-bond acceptors (Lipinski definition) is 4. The number of carbonyl (C=O) groups excluding carboxylic acids is 2. The van der Waals surface area contributed by atoms with E-state index in [0.29, 0.717) is 17.7 Å². The first-order valence-corrected chi connectivity index (χ1v) is 13.9. The van der Waals surface area contributed by atoms with Gasteiger partial charge in [-0.2, -0.15) is 0 Å². The van der Waals surface area contributed by atoms with Gasteiger partial charge in [-0.15, -0.1) is 0 Å². The SMILES string of the molecule is CCCCCCCCCCCCCCCCCCOCC(O)CN1C(=O)c2ccccc2C1=O. The van der Waals surface area contributed by atoms with Crippen molar-refractivity contribution in [1.82, 2.24) is 4.90 Å². The minimum absolute atomic E-state index is 0.0225. The standard InChI is InChI=1S/C29H47NO4/c1-2-3-4-5-6-7-8-9-10-11-12-13-14-15-16-19-22-34-24-25(31)23-30-28(32)26-20-17-18-21-27(26)29(30)33/h17-18,20-21,25,31H,2-16,19,22-24H2,1H3. The zero-order valence-electron chi connectivity index (χ0n) is 21.4. The third-order valence-electron chi connectivity index (χ3n) is 6.72. The molecule has 1 aliphatic rings. The molecule has 0 saturated heterocycles. The van der Waals surface area contributed by atoms with E-state index in [9.17, 15) is 14.7 Å². The average Bonchev–Trinajstić information content (AvgIpc) is 3.08. The van der Waals surface area contributed by atoms with Gasteiger partial charge in [-0.05, 0) is 18.6 Å². The Labute approximate surface area is 207 Å². The molecule has 34 heavy (non-hydrogen) atoms. The van der Waals surface area contributed by atoms with Crippen molar-refractivity contribution in [2.45, 2.75) is 116 Å². The van der Waals surface area contributed by atoms with Gasteiger partial charge in [0.15, 0.2) is 0 Å². The van der Waals surface area contributed by atoms with Crippen molar-refractivity contribution in [1.29, 1.82) is 0 Å². The third kappa shape index (κ3) is 10.7. The molecule has 0 spiro atoms. The average molecular weight is 474 g/mol. The van der Waals surface area contributed by atoms with Gasteiger partial charge in [0.25, 0.3) is 11.8 Å². The van der Waals surface area contributed by atoms with E-state index in [1.165, 1.54) is 89.9 Å². The summed E-state index contributed by atoms with van der Waals surface area (Å²) in [6.07, 6.45) is 20.5. The van der Waals surface area contributed by atoms with Crippen LogP contribution in [0.5, 0.6) is 0 Å². The van der Waals surface area contributed by atoms with Gasteiger partial charge in [0.2, 0.25) is 0 Å². The van der Waals surface area contributed by atoms with Gasteiger partial charge in [-0.25, -0.2) is 0 Å². The van der Waals surface area contributed by atoms with Crippen LogP contribution in [0, 0.1) is 0 Å². The number of fused-ring (bicyclic) bond motifs is 1. The van der Waals surface area contributed by atoms with Crippen molar-refractivity contribution in [3.05, 3.63) is 35.4 Å². The molecule has 0 fully saturated rings. The number of aliphatic hydroxyl groups excluding tert-OH is 1. The van der Waals surface area contributed by atoms with Crippen molar-refractivity contribution in [2.75, 3.05) is 19.8 Å². The lowest BCUT2D eigenvalue weighted by Gasteiger charge is -2.18. The molecule has 1 unspecified atom stereocenters. The molecular weight excluding hydrogens is 426 g/mol. The molecule has 0 aliphatic carbocycles. The number of β-amino-alcohol motifs (C(OH)–C–C–N with tert-alkyl or cyclic N) is 1. The van der Waals surface area contributed by atoms with Crippen LogP contribution in [0.1, 0.15) is 130 Å². The molecule has 2 amide bonds. The number of ether oxygens (including phenoxy) is 1. The molecule has 0 saturated carbocycles. The van der Waals surface area contributed by atoms with Crippen LogP contribution >= 0.6 is 0 Å². The fraction of sp³-hybridized carbons (Fsp3) is 0.724. The van der Waals surface area contributed by atoms with Gasteiger partial charge in [-0.1, -0.05) is 115 Å². The van der Waals surface area contributed by atoms with Gasteiger partial charge in [0, 0.05) is 6.61 Å². The second-order valence-electron chi connectivity index (χ2n) is 9.80. The van der Waals surface area contributed by atoms with Crippen LogP contribution in [-0.4, -0.2) is 47.7 Å². The van der Waals surface area contributed by atoms with Gasteiger partial charge in [0.1, 0.15) is 0 Å². The summed E-state index contributed by atoms with van der Waals surface area (Å²) in [5, 5.41) is 10.2. The highest BCUT2D eigenvalue weighted by molar-refractivity contribution is 6.21. The quantitative estimate of drug-likeness (QED) is 0.155. The number of aliphatic hydroxyl groups is 1. The Kier molecular flexibility index (Phi) is 14.8. The number of nitrogens with zero attached hydrogens (tertiary/aromatic N) is 1. The van der Waals surface area contributed by atoms with Crippen LogP contribution < -0.4 is 0 Å².